The Kier molecular flexibility index (Phi) is 7.15. The van der Waals surface area contributed by atoms with Gasteiger partial charge in [0, 0.05) is 25.2 Å². The number of nitro benzene ring substituents is 1. The first-order chi connectivity index (χ1) is 10.0. The van der Waals surface area contributed by atoms with Crippen molar-refractivity contribution in [2.45, 2.75) is 52.6 Å². The summed E-state index contributed by atoms with van der Waals surface area (Å²) in [5, 5.41) is 14.3. The highest BCUT2D eigenvalue weighted by Gasteiger charge is 2.16. The summed E-state index contributed by atoms with van der Waals surface area (Å²) in [5.41, 5.74) is 1.76. The Hall–Kier alpha value is -1.62. The number of anilines is 1. The van der Waals surface area contributed by atoms with Crippen molar-refractivity contribution in [3.8, 4) is 0 Å². The normalized spacial score (nSPS) is 11.1. The monoisotopic (exact) mass is 293 g/mol. The zero-order valence-electron chi connectivity index (χ0n) is 13.6. The summed E-state index contributed by atoms with van der Waals surface area (Å²) in [7, 11) is 2.08. The molecule has 5 heteroatoms. The van der Waals surface area contributed by atoms with Gasteiger partial charge in [-0.05, 0) is 37.9 Å². The van der Waals surface area contributed by atoms with E-state index in [0.717, 1.165) is 37.9 Å². The van der Waals surface area contributed by atoms with Gasteiger partial charge >= 0.3 is 0 Å². The third-order valence-corrected chi connectivity index (χ3v) is 3.82. The van der Waals surface area contributed by atoms with Crippen LogP contribution < -0.4 is 5.32 Å². The van der Waals surface area contributed by atoms with Gasteiger partial charge < -0.3 is 5.32 Å². The van der Waals surface area contributed by atoms with Crippen LogP contribution in [0.25, 0.3) is 0 Å². The van der Waals surface area contributed by atoms with E-state index in [4.69, 9.17) is 0 Å². The Labute approximate surface area is 127 Å². The van der Waals surface area contributed by atoms with E-state index in [0.29, 0.717) is 11.7 Å². The summed E-state index contributed by atoms with van der Waals surface area (Å²) in [6.45, 7) is 7.86. The number of benzene rings is 1. The van der Waals surface area contributed by atoms with Crippen LogP contribution in [0.15, 0.2) is 18.2 Å². The molecule has 1 aromatic rings. The lowest BCUT2D eigenvalue weighted by molar-refractivity contribution is -0.384. The number of nitrogens with zero attached hydrogens (tertiary/aromatic N) is 2. The van der Waals surface area contributed by atoms with E-state index in [2.05, 4.69) is 31.1 Å². The Morgan fingerprint density at radius 2 is 1.95 bits per heavy atom. The number of nitro groups is 1. The second-order valence-electron chi connectivity index (χ2n) is 5.42. The SMILES string of the molecule is CCCNc1ccc(CN(C)C(CC)CC)cc1[N+](=O)[O-]. The molecular formula is C16H27N3O2. The van der Waals surface area contributed by atoms with Crippen molar-refractivity contribution in [2.75, 3.05) is 18.9 Å². The van der Waals surface area contributed by atoms with E-state index in [1.54, 1.807) is 6.07 Å². The van der Waals surface area contributed by atoms with Crippen molar-refractivity contribution in [3.63, 3.8) is 0 Å². The first-order valence-electron chi connectivity index (χ1n) is 7.74. The van der Waals surface area contributed by atoms with Crippen LogP contribution in [0.1, 0.15) is 45.6 Å². The summed E-state index contributed by atoms with van der Waals surface area (Å²) in [6.07, 6.45) is 3.12. The standard InChI is InChI=1S/C16H27N3O2/c1-5-10-17-15-9-8-13(11-16(15)19(20)21)12-18(4)14(6-2)7-3/h8-9,11,14,17H,5-7,10,12H2,1-4H3. The molecule has 0 radical (unpaired) electrons. The van der Waals surface area contributed by atoms with Crippen LogP contribution in [0.5, 0.6) is 0 Å². The van der Waals surface area contributed by atoms with Crippen LogP contribution in [-0.4, -0.2) is 29.5 Å². The molecule has 0 amide bonds. The number of rotatable bonds is 9. The second-order valence-corrected chi connectivity index (χ2v) is 5.42. The predicted octanol–water partition coefficient (Wildman–Crippen LogP) is 4.04. The fraction of sp³-hybridized carbons (Fsp3) is 0.625. The van der Waals surface area contributed by atoms with Crippen molar-refractivity contribution in [1.82, 2.24) is 4.90 Å². The molecule has 0 unspecified atom stereocenters. The molecule has 0 saturated carbocycles. The zero-order valence-corrected chi connectivity index (χ0v) is 13.6. The summed E-state index contributed by atoms with van der Waals surface area (Å²) in [6, 6.07) is 6.01. The fourth-order valence-corrected chi connectivity index (χ4v) is 2.56. The van der Waals surface area contributed by atoms with E-state index >= 15 is 0 Å². The van der Waals surface area contributed by atoms with Gasteiger partial charge in [-0.25, -0.2) is 0 Å². The van der Waals surface area contributed by atoms with Crippen molar-refractivity contribution < 1.29 is 4.92 Å². The second kappa shape index (κ2) is 8.62. The molecule has 0 fully saturated rings. The Balaban J connectivity index is 2.89. The van der Waals surface area contributed by atoms with Crippen LogP contribution in [-0.2, 0) is 6.54 Å². The molecule has 1 rings (SSSR count). The molecule has 118 valence electrons. The Bertz CT molecular complexity index is 459. The highest BCUT2D eigenvalue weighted by molar-refractivity contribution is 5.62. The lowest BCUT2D eigenvalue weighted by Gasteiger charge is -2.26. The molecule has 0 aromatic heterocycles. The number of hydrogen-bond donors (Lipinski definition) is 1. The Morgan fingerprint density at radius 1 is 1.29 bits per heavy atom. The maximum Gasteiger partial charge on any atom is 0.292 e. The minimum absolute atomic E-state index is 0.166. The van der Waals surface area contributed by atoms with Crippen molar-refractivity contribution in [2.24, 2.45) is 0 Å². The van der Waals surface area contributed by atoms with Gasteiger partial charge in [0.1, 0.15) is 5.69 Å². The van der Waals surface area contributed by atoms with Gasteiger partial charge in [0.05, 0.1) is 4.92 Å². The Morgan fingerprint density at radius 3 is 2.48 bits per heavy atom. The van der Waals surface area contributed by atoms with Crippen molar-refractivity contribution in [1.29, 1.82) is 0 Å². The van der Waals surface area contributed by atoms with Gasteiger partial charge in [0.2, 0.25) is 0 Å². The molecule has 0 spiro atoms. The third kappa shape index (κ3) is 5.01. The molecule has 1 aromatic carbocycles. The molecule has 0 heterocycles. The number of nitrogens with one attached hydrogen (secondary N) is 1. The van der Waals surface area contributed by atoms with Crippen LogP contribution in [0.4, 0.5) is 11.4 Å². The predicted molar refractivity (Wildman–Crippen MR) is 87.7 cm³/mol. The van der Waals surface area contributed by atoms with Crippen LogP contribution in [0, 0.1) is 10.1 Å². The first kappa shape index (κ1) is 17.4. The quantitative estimate of drug-likeness (QED) is 0.551. The van der Waals surface area contributed by atoms with Crippen LogP contribution in [0.2, 0.25) is 0 Å². The molecule has 0 aliphatic heterocycles. The minimum Gasteiger partial charge on any atom is -0.380 e. The van der Waals surface area contributed by atoms with E-state index < -0.39 is 0 Å². The number of hydrogen-bond acceptors (Lipinski definition) is 4. The van der Waals surface area contributed by atoms with Gasteiger partial charge in [-0.15, -0.1) is 0 Å². The summed E-state index contributed by atoms with van der Waals surface area (Å²) in [4.78, 5) is 13.2. The van der Waals surface area contributed by atoms with Crippen LogP contribution >= 0.6 is 0 Å². The van der Waals surface area contributed by atoms with Gasteiger partial charge in [-0.2, -0.15) is 0 Å². The third-order valence-electron chi connectivity index (χ3n) is 3.82. The molecule has 5 nitrogen and oxygen atoms in total. The van der Waals surface area contributed by atoms with Crippen molar-refractivity contribution >= 4 is 11.4 Å². The average molecular weight is 293 g/mol. The topological polar surface area (TPSA) is 58.4 Å². The molecule has 0 aliphatic carbocycles. The smallest absolute Gasteiger partial charge is 0.292 e. The van der Waals surface area contributed by atoms with E-state index in [9.17, 15) is 10.1 Å². The molecule has 0 saturated heterocycles. The molecule has 21 heavy (non-hydrogen) atoms. The van der Waals surface area contributed by atoms with E-state index in [-0.39, 0.29) is 10.6 Å². The maximum absolute atomic E-state index is 11.2. The van der Waals surface area contributed by atoms with Crippen LogP contribution in [0.3, 0.4) is 0 Å². The highest BCUT2D eigenvalue weighted by atomic mass is 16.6. The summed E-state index contributed by atoms with van der Waals surface area (Å²) < 4.78 is 0. The minimum atomic E-state index is -0.307. The summed E-state index contributed by atoms with van der Waals surface area (Å²) >= 11 is 0. The first-order valence-corrected chi connectivity index (χ1v) is 7.74. The largest absolute Gasteiger partial charge is 0.380 e. The maximum atomic E-state index is 11.2. The van der Waals surface area contributed by atoms with E-state index in [1.807, 2.05) is 19.1 Å². The highest BCUT2D eigenvalue weighted by Crippen LogP contribution is 2.26. The average Bonchev–Trinajstić information content (AvgIpc) is 2.47. The van der Waals surface area contributed by atoms with Gasteiger partial charge in [0.15, 0.2) is 0 Å². The molecule has 1 N–H and O–H groups in total. The van der Waals surface area contributed by atoms with Gasteiger partial charge in [0.25, 0.3) is 5.69 Å². The van der Waals surface area contributed by atoms with Gasteiger partial charge in [-0.3, -0.25) is 15.0 Å². The zero-order chi connectivity index (χ0) is 15.8. The molecular weight excluding hydrogens is 266 g/mol. The molecule has 0 atom stereocenters. The van der Waals surface area contributed by atoms with Gasteiger partial charge in [-0.1, -0.05) is 26.8 Å². The fourth-order valence-electron chi connectivity index (χ4n) is 2.56. The lowest BCUT2D eigenvalue weighted by Crippen LogP contribution is -2.30. The molecule has 0 bridgehead atoms. The van der Waals surface area contributed by atoms with Crippen molar-refractivity contribution in [3.05, 3.63) is 33.9 Å². The molecule has 0 aliphatic rings. The van der Waals surface area contributed by atoms with E-state index in [1.165, 1.54) is 0 Å². The lowest BCUT2D eigenvalue weighted by atomic mass is 10.1. The summed E-state index contributed by atoms with van der Waals surface area (Å²) in [5.74, 6) is 0.